The summed E-state index contributed by atoms with van der Waals surface area (Å²) in [7, 11) is 0. The van der Waals surface area contributed by atoms with E-state index in [0.717, 1.165) is 17.5 Å². The van der Waals surface area contributed by atoms with Crippen molar-refractivity contribution in [1.82, 2.24) is 4.57 Å². The zero-order chi connectivity index (χ0) is 13.0. The van der Waals surface area contributed by atoms with E-state index in [2.05, 4.69) is 31.2 Å². The SMILES string of the molecule is Cc1ccc(-c2ccc(=O)n(CCCN)c2)cc1. The molecule has 1 aromatic heterocycles. The highest BCUT2D eigenvalue weighted by molar-refractivity contribution is 5.62. The highest BCUT2D eigenvalue weighted by Gasteiger charge is 2.01. The molecule has 1 aromatic carbocycles. The number of aromatic nitrogens is 1. The van der Waals surface area contributed by atoms with Gasteiger partial charge in [0.15, 0.2) is 0 Å². The molecule has 0 fully saturated rings. The summed E-state index contributed by atoms with van der Waals surface area (Å²) < 4.78 is 1.72. The fourth-order valence-electron chi connectivity index (χ4n) is 1.88. The fourth-order valence-corrected chi connectivity index (χ4v) is 1.88. The summed E-state index contributed by atoms with van der Waals surface area (Å²) in [6.45, 7) is 3.34. The monoisotopic (exact) mass is 242 g/mol. The number of nitrogens with zero attached hydrogens (tertiary/aromatic N) is 1. The standard InChI is InChI=1S/C15H18N2O/c1-12-3-5-13(6-4-12)14-7-8-15(18)17(11-14)10-2-9-16/h3-8,11H,2,9-10,16H2,1H3. The van der Waals surface area contributed by atoms with Crippen LogP contribution < -0.4 is 11.3 Å². The lowest BCUT2D eigenvalue weighted by atomic mass is 10.1. The summed E-state index contributed by atoms with van der Waals surface area (Å²) >= 11 is 0. The molecular weight excluding hydrogens is 224 g/mol. The van der Waals surface area contributed by atoms with Gasteiger partial charge in [-0.05, 0) is 37.1 Å². The van der Waals surface area contributed by atoms with Gasteiger partial charge in [0.1, 0.15) is 0 Å². The van der Waals surface area contributed by atoms with Crippen LogP contribution in [0.2, 0.25) is 0 Å². The molecule has 0 aliphatic rings. The van der Waals surface area contributed by atoms with E-state index in [1.807, 2.05) is 12.3 Å². The highest BCUT2D eigenvalue weighted by atomic mass is 16.1. The van der Waals surface area contributed by atoms with Crippen molar-refractivity contribution in [3.8, 4) is 11.1 Å². The molecule has 0 unspecified atom stereocenters. The van der Waals surface area contributed by atoms with Gasteiger partial charge in [-0.2, -0.15) is 0 Å². The van der Waals surface area contributed by atoms with E-state index < -0.39 is 0 Å². The largest absolute Gasteiger partial charge is 0.330 e. The van der Waals surface area contributed by atoms with Crippen LogP contribution in [-0.4, -0.2) is 11.1 Å². The Labute approximate surface area is 107 Å². The van der Waals surface area contributed by atoms with Crippen LogP contribution >= 0.6 is 0 Å². The predicted molar refractivity (Wildman–Crippen MR) is 74.5 cm³/mol. The predicted octanol–water partition coefficient (Wildman–Crippen LogP) is 2.17. The van der Waals surface area contributed by atoms with Crippen LogP contribution in [-0.2, 0) is 6.54 Å². The molecule has 2 N–H and O–H groups in total. The molecule has 1 heterocycles. The van der Waals surface area contributed by atoms with Gasteiger partial charge in [0.25, 0.3) is 5.56 Å². The second kappa shape index (κ2) is 5.65. The Kier molecular flexibility index (Phi) is 3.95. The number of aryl methyl sites for hydroxylation is 2. The quantitative estimate of drug-likeness (QED) is 0.893. The number of hydrogen-bond donors (Lipinski definition) is 1. The summed E-state index contributed by atoms with van der Waals surface area (Å²) in [6, 6.07) is 11.8. The van der Waals surface area contributed by atoms with E-state index >= 15 is 0 Å². The molecule has 0 amide bonds. The molecule has 2 aromatic rings. The molecule has 0 radical (unpaired) electrons. The first-order valence-corrected chi connectivity index (χ1v) is 6.18. The van der Waals surface area contributed by atoms with Gasteiger partial charge >= 0.3 is 0 Å². The van der Waals surface area contributed by atoms with Crippen LogP contribution in [0, 0.1) is 6.92 Å². The molecule has 18 heavy (non-hydrogen) atoms. The Balaban J connectivity index is 2.34. The van der Waals surface area contributed by atoms with Crippen molar-refractivity contribution in [2.24, 2.45) is 5.73 Å². The lowest BCUT2D eigenvalue weighted by Gasteiger charge is -2.08. The first-order chi connectivity index (χ1) is 8.70. The molecular formula is C15H18N2O. The molecule has 0 bridgehead atoms. The average molecular weight is 242 g/mol. The van der Waals surface area contributed by atoms with Crippen LogP contribution in [0.5, 0.6) is 0 Å². The summed E-state index contributed by atoms with van der Waals surface area (Å²) in [6.07, 6.45) is 2.72. The van der Waals surface area contributed by atoms with Gasteiger partial charge in [0, 0.05) is 18.8 Å². The minimum Gasteiger partial charge on any atom is -0.330 e. The zero-order valence-electron chi connectivity index (χ0n) is 10.6. The van der Waals surface area contributed by atoms with E-state index in [1.165, 1.54) is 5.56 Å². The average Bonchev–Trinajstić information content (AvgIpc) is 2.39. The summed E-state index contributed by atoms with van der Waals surface area (Å²) in [5.74, 6) is 0. The number of nitrogens with two attached hydrogens (primary N) is 1. The third kappa shape index (κ3) is 2.87. The molecule has 0 aliphatic carbocycles. The van der Waals surface area contributed by atoms with Crippen LogP contribution in [0.15, 0.2) is 47.4 Å². The van der Waals surface area contributed by atoms with Gasteiger partial charge in [0.2, 0.25) is 0 Å². The smallest absolute Gasteiger partial charge is 0.250 e. The maximum atomic E-state index is 11.7. The van der Waals surface area contributed by atoms with Crippen molar-refractivity contribution < 1.29 is 0 Å². The second-order valence-electron chi connectivity index (χ2n) is 4.46. The maximum absolute atomic E-state index is 11.7. The molecule has 0 spiro atoms. The van der Waals surface area contributed by atoms with Crippen molar-refractivity contribution in [3.63, 3.8) is 0 Å². The van der Waals surface area contributed by atoms with Crippen molar-refractivity contribution in [2.45, 2.75) is 19.9 Å². The number of benzene rings is 1. The topological polar surface area (TPSA) is 48.0 Å². The first kappa shape index (κ1) is 12.6. The van der Waals surface area contributed by atoms with Gasteiger partial charge in [-0.15, -0.1) is 0 Å². The van der Waals surface area contributed by atoms with Crippen molar-refractivity contribution in [1.29, 1.82) is 0 Å². The van der Waals surface area contributed by atoms with E-state index in [9.17, 15) is 4.79 Å². The van der Waals surface area contributed by atoms with Crippen molar-refractivity contribution >= 4 is 0 Å². The van der Waals surface area contributed by atoms with E-state index in [1.54, 1.807) is 10.6 Å². The molecule has 2 rings (SSSR count). The lowest BCUT2D eigenvalue weighted by molar-refractivity contribution is 0.630. The highest BCUT2D eigenvalue weighted by Crippen LogP contribution is 2.18. The second-order valence-corrected chi connectivity index (χ2v) is 4.46. The third-order valence-corrected chi connectivity index (χ3v) is 2.97. The minimum atomic E-state index is 0.0271. The zero-order valence-corrected chi connectivity index (χ0v) is 10.6. The number of pyridine rings is 1. The fraction of sp³-hybridized carbons (Fsp3) is 0.267. The van der Waals surface area contributed by atoms with Gasteiger partial charge in [-0.3, -0.25) is 4.79 Å². The van der Waals surface area contributed by atoms with E-state index in [4.69, 9.17) is 5.73 Å². The molecule has 0 saturated carbocycles. The van der Waals surface area contributed by atoms with Crippen LogP contribution in [0.4, 0.5) is 0 Å². The normalized spacial score (nSPS) is 10.6. The minimum absolute atomic E-state index is 0.0271. The lowest BCUT2D eigenvalue weighted by Crippen LogP contribution is -2.20. The summed E-state index contributed by atoms with van der Waals surface area (Å²) in [4.78, 5) is 11.7. The third-order valence-electron chi connectivity index (χ3n) is 2.97. The van der Waals surface area contributed by atoms with Crippen molar-refractivity contribution in [2.75, 3.05) is 6.54 Å². The van der Waals surface area contributed by atoms with Gasteiger partial charge in [0.05, 0.1) is 0 Å². The first-order valence-electron chi connectivity index (χ1n) is 6.18. The Morgan fingerprint density at radius 2 is 1.72 bits per heavy atom. The Bertz CT molecular complexity index is 570. The van der Waals surface area contributed by atoms with Crippen LogP contribution in [0.3, 0.4) is 0 Å². The van der Waals surface area contributed by atoms with Crippen LogP contribution in [0.25, 0.3) is 11.1 Å². The Morgan fingerprint density at radius 3 is 2.39 bits per heavy atom. The number of hydrogen-bond acceptors (Lipinski definition) is 2. The molecule has 0 saturated heterocycles. The van der Waals surface area contributed by atoms with Gasteiger partial charge in [-0.25, -0.2) is 0 Å². The van der Waals surface area contributed by atoms with E-state index in [-0.39, 0.29) is 5.56 Å². The van der Waals surface area contributed by atoms with Gasteiger partial charge in [-0.1, -0.05) is 29.8 Å². The summed E-state index contributed by atoms with van der Waals surface area (Å²) in [5, 5.41) is 0. The number of rotatable bonds is 4. The maximum Gasteiger partial charge on any atom is 0.250 e. The molecule has 0 atom stereocenters. The summed E-state index contributed by atoms with van der Waals surface area (Å²) in [5.41, 5.74) is 8.92. The van der Waals surface area contributed by atoms with Crippen LogP contribution in [0.1, 0.15) is 12.0 Å². The Morgan fingerprint density at radius 1 is 1.06 bits per heavy atom. The van der Waals surface area contributed by atoms with Gasteiger partial charge < -0.3 is 10.3 Å². The van der Waals surface area contributed by atoms with Crippen molar-refractivity contribution in [3.05, 3.63) is 58.5 Å². The van der Waals surface area contributed by atoms with E-state index in [0.29, 0.717) is 13.1 Å². The molecule has 3 nitrogen and oxygen atoms in total. The molecule has 3 heteroatoms. The molecule has 94 valence electrons. The Hall–Kier alpha value is -1.87. The molecule has 0 aliphatic heterocycles.